The molecule has 0 spiro atoms. The lowest BCUT2D eigenvalue weighted by molar-refractivity contribution is -0.120. The lowest BCUT2D eigenvalue weighted by atomic mass is 9.98. The van der Waals surface area contributed by atoms with Crippen molar-refractivity contribution in [2.45, 2.75) is 5.92 Å². The fourth-order valence-corrected chi connectivity index (χ4v) is 4.52. The van der Waals surface area contributed by atoms with Gasteiger partial charge in [0.15, 0.2) is 0 Å². The lowest BCUT2D eigenvalue weighted by Gasteiger charge is -2.14. The van der Waals surface area contributed by atoms with Gasteiger partial charge >= 0.3 is 12.1 Å². The summed E-state index contributed by atoms with van der Waals surface area (Å²) in [7, 11) is 0. The van der Waals surface area contributed by atoms with E-state index in [9.17, 15) is 14.4 Å². The highest BCUT2D eigenvalue weighted by Gasteiger charge is 2.28. The molecule has 2 amide bonds. The van der Waals surface area contributed by atoms with Gasteiger partial charge in [-0.25, -0.2) is 9.59 Å². The summed E-state index contributed by atoms with van der Waals surface area (Å²) in [6, 6.07) is 20.6. The molecule has 8 nitrogen and oxygen atoms in total. The van der Waals surface area contributed by atoms with E-state index < -0.39 is 18.0 Å². The van der Waals surface area contributed by atoms with Crippen LogP contribution in [0, 0.1) is 0 Å². The number of amides is 2. The van der Waals surface area contributed by atoms with Gasteiger partial charge in [0.05, 0.1) is 12.2 Å². The summed E-state index contributed by atoms with van der Waals surface area (Å²) in [6.07, 6.45) is -0.560. The topological polar surface area (TPSA) is 114 Å². The Balaban J connectivity index is 1.18. The number of nitrogens with one attached hydrogen (secondary N) is 2. The summed E-state index contributed by atoms with van der Waals surface area (Å²) < 4.78 is 11.3. The second-order valence-electron chi connectivity index (χ2n) is 7.89. The van der Waals surface area contributed by atoms with Crippen LogP contribution in [0.25, 0.3) is 11.1 Å². The number of rotatable bonds is 9. The maximum Gasteiger partial charge on any atom is 0.407 e. The van der Waals surface area contributed by atoms with Crippen LogP contribution in [-0.2, 0) is 14.3 Å². The van der Waals surface area contributed by atoms with Crippen molar-refractivity contribution in [3.63, 3.8) is 0 Å². The molecule has 3 N–H and O–H groups in total. The van der Waals surface area contributed by atoms with Crippen LogP contribution in [0.3, 0.4) is 0 Å². The predicted molar refractivity (Wildman–Crippen MR) is 134 cm³/mol. The van der Waals surface area contributed by atoms with Crippen molar-refractivity contribution in [3.8, 4) is 11.1 Å². The number of benzene rings is 3. The highest BCUT2D eigenvalue weighted by atomic mass is 79.9. The number of carboxylic acid groups (broad SMARTS) is 1. The molecule has 0 bridgehead atoms. The Labute approximate surface area is 210 Å². The molecular formula is C26H23BrN2O6. The summed E-state index contributed by atoms with van der Waals surface area (Å²) in [4.78, 5) is 35.3. The normalized spacial score (nSPS) is 11.9. The third kappa shape index (κ3) is 6.06. The molecule has 0 saturated heterocycles. The molecule has 0 fully saturated rings. The maximum atomic E-state index is 12.2. The highest BCUT2D eigenvalue weighted by Crippen LogP contribution is 2.44. The van der Waals surface area contributed by atoms with E-state index in [4.69, 9.17) is 14.6 Å². The van der Waals surface area contributed by atoms with Crippen molar-refractivity contribution in [1.82, 2.24) is 5.32 Å². The molecule has 3 aromatic carbocycles. The molecule has 35 heavy (non-hydrogen) atoms. The van der Waals surface area contributed by atoms with Crippen LogP contribution < -0.4 is 10.6 Å². The molecule has 0 atom stereocenters. The summed E-state index contributed by atoms with van der Waals surface area (Å²) >= 11 is 3.21. The standard InChI is InChI=1S/C26H23BrN2O6/c27-17-11-16(25(31)32)12-18(13-17)29-24(30)15-34-10-9-28-26(33)35-14-23-21-7-3-1-5-19(21)20-6-2-4-8-22(20)23/h1-8,11-13,23H,9-10,14-15H2,(H,28,33)(H,29,30)(H,31,32). The van der Waals surface area contributed by atoms with E-state index in [1.54, 1.807) is 6.07 Å². The zero-order chi connectivity index (χ0) is 24.8. The third-order valence-electron chi connectivity index (χ3n) is 5.52. The summed E-state index contributed by atoms with van der Waals surface area (Å²) in [5, 5.41) is 14.3. The van der Waals surface area contributed by atoms with Crippen LogP contribution >= 0.6 is 15.9 Å². The Morgan fingerprint density at radius 1 is 0.943 bits per heavy atom. The Kier molecular flexibility index (Phi) is 7.79. The molecule has 1 aliphatic rings. The number of hydrogen-bond donors (Lipinski definition) is 3. The van der Waals surface area contributed by atoms with E-state index in [2.05, 4.69) is 50.8 Å². The van der Waals surface area contributed by atoms with Gasteiger partial charge in [-0.2, -0.15) is 0 Å². The molecule has 0 unspecified atom stereocenters. The zero-order valence-electron chi connectivity index (χ0n) is 18.6. The number of fused-ring (bicyclic) bond motifs is 3. The first-order valence-corrected chi connectivity index (χ1v) is 11.7. The van der Waals surface area contributed by atoms with Crippen LogP contribution in [0.5, 0.6) is 0 Å². The van der Waals surface area contributed by atoms with Crippen LogP contribution in [0.1, 0.15) is 27.4 Å². The van der Waals surface area contributed by atoms with E-state index in [0.717, 1.165) is 22.3 Å². The van der Waals surface area contributed by atoms with Crippen molar-refractivity contribution in [3.05, 3.63) is 87.9 Å². The first-order valence-electron chi connectivity index (χ1n) is 10.9. The van der Waals surface area contributed by atoms with Crippen molar-refractivity contribution in [2.75, 3.05) is 31.7 Å². The number of aromatic carboxylic acids is 1. The van der Waals surface area contributed by atoms with E-state index >= 15 is 0 Å². The van der Waals surface area contributed by atoms with Gasteiger partial charge in [-0.3, -0.25) is 4.79 Å². The molecule has 0 saturated carbocycles. The van der Waals surface area contributed by atoms with Crippen LogP contribution in [0.2, 0.25) is 0 Å². The molecule has 180 valence electrons. The van der Waals surface area contributed by atoms with Crippen molar-refractivity contribution >= 4 is 39.6 Å². The Hall–Kier alpha value is -3.69. The molecule has 0 radical (unpaired) electrons. The number of carboxylic acids is 1. The van der Waals surface area contributed by atoms with Gasteiger partial charge in [-0.1, -0.05) is 64.5 Å². The van der Waals surface area contributed by atoms with Crippen LogP contribution in [0.4, 0.5) is 10.5 Å². The molecule has 4 rings (SSSR count). The number of ether oxygens (including phenoxy) is 2. The fraction of sp³-hybridized carbons (Fsp3) is 0.192. The number of hydrogen-bond acceptors (Lipinski definition) is 5. The minimum atomic E-state index is -1.10. The number of alkyl carbamates (subject to hydrolysis) is 1. The first-order chi connectivity index (χ1) is 16.9. The molecule has 0 aliphatic heterocycles. The van der Waals surface area contributed by atoms with Gasteiger partial charge in [0, 0.05) is 22.6 Å². The van der Waals surface area contributed by atoms with Gasteiger partial charge in [0.25, 0.3) is 0 Å². The quantitative estimate of drug-likeness (QED) is 0.342. The van der Waals surface area contributed by atoms with Gasteiger partial charge in [-0.15, -0.1) is 0 Å². The van der Waals surface area contributed by atoms with Crippen molar-refractivity contribution < 1.29 is 29.0 Å². The molecule has 0 heterocycles. The SMILES string of the molecule is O=C(COCCNC(=O)OCC1c2ccccc2-c2ccccc21)Nc1cc(Br)cc(C(=O)O)c1. The molecule has 1 aliphatic carbocycles. The third-order valence-corrected chi connectivity index (χ3v) is 5.98. The molecule has 9 heteroatoms. The Morgan fingerprint density at radius 3 is 2.26 bits per heavy atom. The second kappa shape index (κ2) is 11.2. The minimum Gasteiger partial charge on any atom is -0.478 e. The van der Waals surface area contributed by atoms with E-state index in [1.807, 2.05) is 24.3 Å². The van der Waals surface area contributed by atoms with Crippen LogP contribution in [0.15, 0.2) is 71.2 Å². The van der Waals surface area contributed by atoms with E-state index in [-0.39, 0.29) is 37.8 Å². The van der Waals surface area contributed by atoms with Crippen molar-refractivity contribution in [2.24, 2.45) is 0 Å². The molecule has 0 aromatic heterocycles. The summed E-state index contributed by atoms with van der Waals surface area (Å²) in [6.45, 7) is 0.246. The van der Waals surface area contributed by atoms with Gasteiger partial charge < -0.3 is 25.2 Å². The smallest absolute Gasteiger partial charge is 0.407 e. The van der Waals surface area contributed by atoms with Gasteiger partial charge in [0.2, 0.25) is 5.91 Å². The number of anilines is 1. The predicted octanol–water partition coefficient (Wildman–Crippen LogP) is 4.64. The highest BCUT2D eigenvalue weighted by molar-refractivity contribution is 9.10. The lowest BCUT2D eigenvalue weighted by Crippen LogP contribution is -2.30. The van der Waals surface area contributed by atoms with Crippen molar-refractivity contribution in [1.29, 1.82) is 0 Å². The van der Waals surface area contributed by atoms with Gasteiger partial charge in [0.1, 0.15) is 13.2 Å². The van der Waals surface area contributed by atoms with Crippen LogP contribution in [-0.4, -0.2) is 49.4 Å². The maximum absolute atomic E-state index is 12.2. The molecular weight excluding hydrogens is 516 g/mol. The Morgan fingerprint density at radius 2 is 1.60 bits per heavy atom. The van der Waals surface area contributed by atoms with Gasteiger partial charge in [-0.05, 0) is 40.5 Å². The minimum absolute atomic E-state index is 0.0206. The first kappa shape index (κ1) is 24.4. The number of halogens is 1. The average molecular weight is 539 g/mol. The second-order valence-corrected chi connectivity index (χ2v) is 8.80. The summed E-state index contributed by atoms with van der Waals surface area (Å²) in [5.74, 6) is -1.56. The average Bonchev–Trinajstić information content (AvgIpc) is 3.16. The van der Waals surface area contributed by atoms with E-state index in [0.29, 0.717) is 10.2 Å². The number of carbonyl (C=O) groups is 3. The Bertz CT molecular complexity index is 1220. The van der Waals surface area contributed by atoms with E-state index in [1.165, 1.54) is 12.1 Å². The summed E-state index contributed by atoms with van der Waals surface area (Å²) in [5.41, 5.74) is 4.97. The number of carbonyl (C=O) groups excluding carboxylic acids is 2. The zero-order valence-corrected chi connectivity index (χ0v) is 20.2. The monoisotopic (exact) mass is 538 g/mol. The fourth-order valence-electron chi connectivity index (χ4n) is 4.02. The molecule has 3 aromatic rings. The largest absolute Gasteiger partial charge is 0.478 e.